The second-order valence-corrected chi connectivity index (χ2v) is 7.67. The number of nitrogens with one attached hydrogen (secondary N) is 1. The molecule has 0 spiro atoms. The molecule has 0 bridgehead atoms. The van der Waals surface area contributed by atoms with Crippen LogP contribution >= 0.6 is 0 Å². The largest absolute Gasteiger partial charge is 0.353 e. The van der Waals surface area contributed by atoms with Crippen LogP contribution in [-0.2, 0) is 0 Å². The minimum Gasteiger partial charge on any atom is -0.353 e. The van der Waals surface area contributed by atoms with E-state index in [1.165, 1.54) is 5.56 Å². The van der Waals surface area contributed by atoms with Gasteiger partial charge in [-0.3, -0.25) is 4.99 Å². The van der Waals surface area contributed by atoms with Gasteiger partial charge in [-0.05, 0) is 31.9 Å². The standard InChI is InChI=1S/C21H28N6O/c1-4-17-13-27-14-22-19(12-20(27)23-17)25-7-9-26(10-8-25)21(28)24-18-6-5-15(2)11-16(18)3/h5-6,11-12,14,17H,4,7-10,13H2,1-3H3,(H,24,28)/t17-/m1/s1. The van der Waals surface area contributed by atoms with Gasteiger partial charge in [0.1, 0.15) is 11.7 Å². The van der Waals surface area contributed by atoms with Crippen molar-refractivity contribution in [2.24, 2.45) is 9.98 Å². The zero-order chi connectivity index (χ0) is 19.7. The van der Waals surface area contributed by atoms with E-state index in [2.05, 4.69) is 46.1 Å². The fraction of sp³-hybridized carbons (Fsp3) is 0.476. The average molecular weight is 380 g/mol. The molecule has 1 saturated heterocycles. The summed E-state index contributed by atoms with van der Waals surface area (Å²) in [6.45, 7) is 10.1. The lowest BCUT2D eigenvalue weighted by Crippen LogP contribution is -2.50. The zero-order valence-corrected chi connectivity index (χ0v) is 16.9. The summed E-state index contributed by atoms with van der Waals surface area (Å²) in [5.74, 6) is 1.95. The number of amides is 2. The van der Waals surface area contributed by atoms with Crippen LogP contribution in [0.5, 0.6) is 0 Å². The normalized spacial score (nSPS) is 21.4. The van der Waals surface area contributed by atoms with Crippen LogP contribution in [0.15, 0.2) is 40.1 Å². The van der Waals surface area contributed by atoms with Crippen molar-refractivity contribution in [2.45, 2.75) is 33.2 Å². The minimum atomic E-state index is -0.0372. The van der Waals surface area contributed by atoms with Crippen LogP contribution in [0.3, 0.4) is 0 Å². The Bertz CT molecular complexity index is 850. The van der Waals surface area contributed by atoms with Crippen molar-refractivity contribution >= 4 is 23.9 Å². The lowest BCUT2D eigenvalue weighted by atomic mass is 10.1. The molecule has 4 rings (SSSR count). The molecule has 148 valence electrons. The van der Waals surface area contributed by atoms with Crippen LogP contribution in [-0.4, -0.2) is 71.7 Å². The third-order valence-corrected chi connectivity index (χ3v) is 5.59. The molecular formula is C21H28N6O. The maximum absolute atomic E-state index is 12.6. The van der Waals surface area contributed by atoms with E-state index < -0.39 is 0 Å². The van der Waals surface area contributed by atoms with Gasteiger partial charge in [0, 0.05) is 44.5 Å². The van der Waals surface area contributed by atoms with Crippen LogP contribution in [0.25, 0.3) is 0 Å². The van der Waals surface area contributed by atoms with Gasteiger partial charge in [-0.1, -0.05) is 24.6 Å². The summed E-state index contributed by atoms with van der Waals surface area (Å²) in [6, 6.07) is 6.40. The van der Waals surface area contributed by atoms with Crippen LogP contribution in [0.1, 0.15) is 24.5 Å². The molecule has 3 aliphatic rings. The predicted molar refractivity (Wildman–Crippen MR) is 113 cm³/mol. The van der Waals surface area contributed by atoms with Crippen LogP contribution in [0.2, 0.25) is 0 Å². The van der Waals surface area contributed by atoms with Crippen molar-refractivity contribution in [1.82, 2.24) is 14.7 Å². The quantitative estimate of drug-likeness (QED) is 0.877. The van der Waals surface area contributed by atoms with E-state index in [0.29, 0.717) is 19.1 Å². The molecule has 3 aliphatic heterocycles. The van der Waals surface area contributed by atoms with Gasteiger partial charge in [0.15, 0.2) is 0 Å². The van der Waals surface area contributed by atoms with Crippen molar-refractivity contribution in [1.29, 1.82) is 0 Å². The Kier molecular flexibility index (Phi) is 5.07. The molecule has 2 amide bonds. The number of carbonyl (C=O) groups is 1. The molecule has 7 nitrogen and oxygen atoms in total. The molecule has 3 heterocycles. The highest BCUT2D eigenvalue weighted by Gasteiger charge is 2.28. The molecule has 1 N–H and O–H groups in total. The van der Waals surface area contributed by atoms with E-state index in [1.807, 2.05) is 30.3 Å². The van der Waals surface area contributed by atoms with Crippen LogP contribution in [0, 0.1) is 13.8 Å². The first kappa shape index (κ1) is 18.5. The fourth-order valence-electron chi connectivity index (χ4n) is 3.81. The molecule has 1 atom stereocenters. The highest BCUT2D eigenvalue weighted by atomic mass is 16.2. The van der Waals surface area contributed by atoms with Gasteiger partial charge in [0.05, 0.1) is 12.4 Å². The summed E-state index contributed by atoms with van der Waals surface area (Å²) < 4.78 is 0. The number of aliphatic imine (C=N–C) groups is 2. The van der Waals surface area contributed by atoms with Crippen molar-refractivity contribution in [3.05, 3.63) is 41.2 Å². The molecule has 1 aromatic rings. The smallest absolute Gasteiger partial charge is 0.321 e. The molecule has 0 aromatic heterocycles. The van der Waals surface area contributed by atoms with Crippen LogP contribution in [0.4, 0.5) is 10.5 Å². The molecule has 0 saturated carbocycles. The summed E-state index contributed by atoms with van der Waals surface area (Å²) in [5, 5.41) is 3.04. The number of carbonyl (C=O) groups excluding carboxylic acids is 1. The molecule has 28 heavy (non-hydrogen) atoms. The molecule has 1 aromatic carbocycles. The average Bonchev–Trinajstić information content (AvgIpc) is 3.12. The number of aryl methyl sites for hydroxylation is 2. The molecule has 0 radical (unpaired) electrons. The first-order valence-corrected chi connectivity index (χ1v) is 10.0. The van der Waals surface area contributed by atoms with Gasteiger partial charge in [-0.25, -0.2) is 9.79 Å². The second kappa shape index (κ2) is 7.66. The summed E-state index contributed by atoms with van der Waals surface area (Å²) in [6.07, 6.45) is 5.01. The Morgan fingerprint density at radius 3 is 2.71 bits per heavy atom. The lowest BCUT2D eigenvalue weighted by molar-refractivity contribution is 0.167. The van der Waals surface area contributed by atoms with Crippen LogP contribution < -0.4 is 5.32 Å². The number of fused-ring (bicyclic) bond motifs is 1. The van der Waals surface area contributed by atoms with E-state index >= 15 is 0 Å². The monoisotopic (exact) mass is 380 g/mol. The Morgan fingerprint density at radius 1 is 1.21 bits per heavy atom. The fourth-order valence-corrected chi connectivity index (χ4v) is 3.81. The van der Waals surface area contributed by atoms with Crippen molar-refractivity contribution in [3.63, 3.8) is 0 Å². The van der Waals surface area contributed by atoms with Crippen molar-refractivity contribution in [2.75, 3.05) is 38.0 Å². The molecule has 7 heteroatoms. The Balaban J connectivity index is 1.34. The zero-order valence-electron chi connectivity index (χ0n) is 16.9. The number of hydrogen-bond donors (Lipinski definition) is 1. The number of amidine groups is 1. The Hall–Kier alpha value is -2.83. The number of piperazine rings is 1. The molecular weight excluding hydrogens is 352 g/mol. The van der Waals surface area contributed by atoms with Gasteiger partial charge in [-0.2, -0.15) is 0 Å². The van der Waals surface area contributed by atoms with Gasteiger partial charge < -0.3 is 20.0 Å². The first-order chi connectivity index (χ1) is 13.5. The second-order valence-electron chi connectivity index (χ2n) is 7.67. The number of benzene rings is 1. The number of urea groups is 1. The molecule has 0 aliphatic carbocycles. The van der Waals surface area contributed by atoms with Gasteiger partial charge in [0.25, 0.3) is 0 Å². The third-order valence-electron chi connectivity index (χ3n) is 5.59. The Labute approximate surface area is 166 Å². The lowest BCUT2D eigenvalue weighted by Gasteiger charge is -2.36. The SMILES string of the molecule is CC[C@@H]1CN2C=NC(N3CCN(C(=O)Nc4ccc(C)cc4C)CC3)=CC2=N1. The topological polar surface area (TPSA) is 63.5 Å². The predicted octanol–water partition coefficient (Wildman–Crippen LogP) is 2.83. The highest BCUT2D eigenvalue weighted by Crippen LogP contribution is 2.21. The van der Waals surface area contributed by atoms with E-state index in [-0.39, 0.29) is 6.03 Å². The first-order valence-electron chi connectivity index (χ1n) is 10.0. The van der Waals surface area contributed by atoms with Crippen molar-refractivity contribution < 1.29 is 4.79 Å². The summed E-state index contributed by atoms with van der Waals surface area (Å²) in [4.78, 5) is 28.2. The van der Waals surface area contributed by atoms with E-state index in [0.717, 1.165) is 49.0 Å². The Morgan fingerprint density at radius 2 is 2.00 bits per heavy atom. The summed E-state index contributed by atoms with van der Waals surface area (Å²) >= 11 is 0. The third kappa shape index (κ3) is 3.74. The number of rotatable bonds is 3. The van der Waals surface area contributed by atoms with E-state index in [9.17, 15) is 4.79 Å². The summed E-state index contributed by atoms with van der Waals surface area (Å²) in [7, 11) is 0. The maximum atomic E-state index is 12.6. The van der Waals surface area contributed by atoms with Gasteiger partial charge in [0.2, 0.25) is 0 Å². The number of nitrogens with zero attached hydrogens (tertiary/aromatic N) is 5. The maximum Gasteiger partial charge on any atom is 0.321 e. The molecule has 1 fully saturated rings. The minimum absolute atomic E-state index is 0.0372. The van der Waals surface area contributed by atoms with E-state index in [4.69, 9.17) is 4.99 Å². The highest BCUT2D eigenvalue weighted by molar-refractivity contribution is 6.03. The van der Waals surface area contributed by atoms with Crippen molar-refractivity contribution in [3.8, 4) is 0 Å². The van der Waals surface area contributed by atoms with Gasteiger partial charge in [-0.15, -0.1) is 0 Å². The number of anilines is 1. The number of hydrogen-bond acceptors (Lipinski definition) is 5. The summed E-state index contributed by atoms with van der Waals surface area (Å²) in [5.41, 5.74) is 3.16. The molecule has 0 unspecified atom stereocenters. The van der Waals surface area contributed by atoms with E-state index in [1.54, 1.807) is 0 Å². The van der Waals surface area contributed by atoms with Gasteiger partial charge >= 0.3 is 6.03 Å².